The second-order valence-electron chi connectivity index (χ2n) is 14.6. The van der Waals surface area contributed by atoms with E-state index in [-0.39, 0.29) is 0 Å². The van der Waals surface area contributed by atoms with E-state index in [1.807, 2.05) is 11.3 Å². The van der Waals surface area contributed by atoms with Gasteiger partial charge in [-0.05, 0) is 114 Å². The number of rotatable bonds is 8. The quantitative estimate of drug-likeness (QED) is 0.153. The minimum absolute atomic E-state index is 1.07. The zero-order valence-corrected chi connectivity index (χ0v) is 32.4. The van der Waals surface area contributed by atoms with E-state index in [4.69, 9.17) is 0 Å². The number of anilines is 6. The summed E-state index contributed by atoms with van der Waals surface area (Å²) in [5.74, 6) is 0. The zero-order valence-electron chi connectivity index (χ0n) is 31.6. The molecule has 274 valence electrons. The van der Waals surface area contributed by atoms with Crippen LogP contribution in [0.2, 0.25) is 0 Å². The highest BCUT2D eigenvalue weighted by molar-refractivity contribution is 7.25. The van der Waals surface area contributed by atoms with Crippen molar-refractivity contribution >= 4 is 87.4 Å². The number of para-hydroxylation sites is 4. The molecule has 4 heteroatoms. The highest BCUT2D eigenvalue weighted by Gasteiger charge is 2.20. The summed E-state index contributed by atoms with van der Waals surface area (Å²) in [4.78, 5) is 4.74. The molecular weight excluding hydrogens is 723 g/mol. The summed E-state index contributed by atoms with van der Waals surface area (Å²) < 4.78 is 4.98. The molecule has 3 nitrogen and oxygen atoms in total. The van der Waals surface area contributed by atoms with E-state index in [0.29, 0.717) is 0 Å². The fraction of sp³-hybridized carbons (Fsp3) is 0. The lowest BCUT2D eigenvalue weighted by Gasteiger charge is -2.29. The van der Waals surface area contributed by atoms with Gasteiger partial charge in [-0.1, -0.05) is 121 Å². The molecule has 0 bridgehead atoms. The topological polar surface area (TPSA) is 11.4 Å². The van der Waals surface area contributed by atoms with Crippen molar-refractivity contribution in [1.82, 2.24) is 4.57 Å². The Kier molecular flexibility index (Phi) is 8.34. The summed E-state index contributed by atoms with van der Waals surface area (Å²) in [6.45, 7) is 0. The number of fused-ring (bicyclic) bond motifs is 6. The molecule has 0 spiro atoms. The Morgan fingerprint density at radius 3 is 1.55 bits per heavy atom. The molecule has 11 rings (SSSR count). The third kappa shape index (κ3) is 5.90. The van der Waals surface area contributed by atoms with E-state index in [1.54, 1.807) is 0 Å². The van der Waals surface area contributed by atoms with Crippen molar-refractivity contribution in [3.8, 4) is 16.8 Å². The molecule has 0 fully saturated rings. The normalized spacial score (nSPS) is 11.4. The van der Waals surface area contributed by atoms with Crippen LogP contribution in [0.4, 0.5) is 34.1 Å². The molecule has 0 aliphatic rings. The summed E-state index contributed by atoms with van der Waals surface area (Å²) in [6, 6.07) is 81.1. The highest BCUT2D eigenvalue weighted by atomic mass is 32.1. The first-order chi connectivity index (χ1) is 28.8. The van der Waals surface area contributed by atoms with Gasteiger partial charge in [0.2, 0.25) is 0 Å². The van der Waals surface area contributed by atoms with Crippen LogP contribution in [-0.4, -0.2) is 4.57 Å². The van der Waals surface area contributed by atoms with Gasteiger partial charge in [-0.25, -0.2) is 0 Å². The average molecular weight is 760 g/mol. The molecule has 0 radical (unpaired) electrons. The van der Waals surface area contributed by atoms with E-state index in [2.05, 4.69) is 239 Å². The molecule has 11 aromatic rings. The minimum atomic E-state index is 1.07. The second kappa shape index (κ2) is 14.3. The second-order valence-corrected chi connectivity index (χ2v) is 15.7. The van der Waals surface area contributed by atoms with Crippen molar-refractivity contribution in [2.45, 2.75) is 0 Å². The Balaban J connectivity index is 1.09. The lowest BCUT2D eigenvalue weighted by atomic mass is 10.0. The number of hydrogen-bond acceptors (Lipinski definition) is 3. The number of thiophene rings is 1. The van der Waals surface area contributed by atoms with Crippen LogP contribution in [0.25, 0.3) is 58.8 Å². The third-order valence-corrected chi connectivity index (χ3v) is 12.3. The highest BCUT2D eigenvalue weighted by Crippen LogP contribution is 2.44. The molecule has 0 saturated heterocycles. The molecule has 58 heavy (non-hydrogen) atoms. The van der Waals surface area contributed by atoms with Gasteiger partial charge in [-0.3, -0.25) is 0 Å². The Morgan fingerprint density at radius 2 is 0.810 bits per heavy atom. The Hall–Kier alpha value is -7.40. The fourth-order valence-corrected chi connectivity index (χ4v) is 9.59. The Bertz CT molecular complexity index is 3200. The molecule has 0 aliphatic heterocycles. The van der Waals surface area contributed by atoms with Crippen LogP contribution in [0.5, 0.6) is 0 Å². The van der Waals surface area contributed by atoms with Gasteiger partial charge in [-0.2, -0.15) is 0 Å². The van der Waals surface area contributed by atoms with Gasteiger partial charge in [0.15, 0.2) is 0 Å². The SMILES string of the molecule is c1ccc(N(c2ccccc2)c2cccc(N(c3cccc(-c4ccc5c6ccccc6n(-c6ccccc6)c5c4)c3)c3ccc4sc5ccccc5c4c3)c2)cc1. The van der Waals surface area contributed by atoms with Crippen molar-refractivity contribution in [2.24, 2.45) is 0 Å². The lowest BCUT2D eigenvalue weighted by molar-refractivity contribution is 1.18. The summed E-state index contributed by atoms with van der Waals surface area (Å²) in [5.41, 5.74) is 12.4. The fourth-order valence-electron chi connectivity index (χ4n) is 8.50. The van der Waals surface area contributed by atoms with Crippen molar-refractivity contribution in [3.05, 3.63) is 224 Å². The number of hydrogen-bond donors (Lipinski definition) is 0. The van der Waals surface area contributed by atoms with Crippen LogP contribution < -0.4 is 9.80 Å². The molecule has 0 unspecified atom stereocenters. The van der Waals surface area contributed by atoms with Gasteiger partial charge >= 0.3 is 0 Å². The molecule has 0 atom stereocenters. The maximum atomic E-state index is 2.41. The first-order valence-electron chi connectivity index (χ1n) is 19.7. The standard InChI is InChI=1S/C54H37N3S/c1-4-17-40(18-5-1)55(41-19-6-2-7-20-41)44-24-15-25-45(36-44)56(46-31-33-54-50(37-46)49-27-11-13-29-53(49)58-54)43-23-14-16-38(34-43)39-30-32-48-47-26-10-12-28-51(47)57(52(48)35-39)42-21-8-3-9-22-42/h1-37H. The summed E-state index contributed by atoms with van der Waals surface area (Å²) in [7, 11) is 0. The van der Waals surface area contributed by atoms with Gasteiger partial charge < -0.3 is 14.4 Å². The van der Waals surface area contributed by atoms with Crippen LogP contribution in [0.3, 0.4) is 0 Å². The maximum absolute atomic E-state index is 2.41. The molecule has 9 aromatic carbocycles. The molecule has 2 heterocycles. The predicted octanol–water partition coefficient (Wildman–Crippen LogP) is 15.8. The monoisotopic (exact) mass is 759 g/mol. The number of nitrogens with zero attached hydrogens (tertiary/aromatic N) is 3. The van der Waals surface area contributed by atoms with Crippen molar-refractivity contribution in [1.29, 1.82) is 0 Å². The largest absolute Gasteiger partial charge is 0.310 e. The van der Waals surface area contributed by atoms with E-state index < -0.39 is 0 Å². The van der Waals surface area contributed by atoms with Crippen molar-refractivity contribution in [3.63, 3.8) is 0 Å². The van der Waals surface area contributed by atoms with Crippen LogP contribution >= 0.6 is 11.3 Å². The first-order valence-corrected chi connectivity index (χ1v) is 20.5. The van der Waals surface area contributed by atoms with E-state index >= 15 is 0 Å². The van der Waals surface area contributed by atoms with Crippen LogP contribution in [0.1, 0.15) is 0 Å². The molecule has 0 saturated carbocycles. The van der Waals surface area contributed by atoms with Crippen LogP contribution in [-0.2, 0) is 0 Å². The van der Waals surface area contributed by atoms with Gasteiger partial charge in [0.05, 0.1) is 11.0 Å². The van der Waals surface area contributed by atoms with E-state index in [9.17, 15) is 0 Å². The van der Waals surface area contributed by atoms with E-state index in [0.717, 1.165) is 45.4 Å². The van der Waals surface area contributed by atoms with Crippen LogP contribution in [0.15, 0.2) is 224 Å². The Morgan fingerprint density at radius 1 is 0.293 bits per heavy atom. The predicted molar refractivity (Wildman–Crippen MR) is 248 cm³/mol. The average Bonchev–Trinajstić information content (AvgIpc) is 3.83. The van der Waals surface area contributed by atoms with Crippen LogP contribution in [0, 0.1) is 0 Å². The molecule has 2 aromatic heterocycles. The minimum Gasteiger partial charge on any atom is -0.310 e. The third-order valence-electron chi connectivity index (χ3n) is 11.1. The summed E-state index contributed by atoms with van der Waals surface area (Å²) in [6.07, 6.45) is 0. The summed E-state index contributed by atoms with van der Waals surface area (Å²) >= 11 is 1.85. The van der Waals surface area contributed by atoms with E-state index in [1.165, 1.54) is 47.5 Å². The zero-order chi connectivity index (χ0) is 38.4. The van der Waals surface area contributed by atoms with Gasteiger partial charge in [0, 0.05) is 70.8 Å². The first kappa shape index (κ1) is 33.9. The van der Waals surface area contributed by atoms with Crippen molar-refractivity contribution < 1.29 is 0 Å². The molecule has 0 N–H and O–H groups in total. The van der Waals surface area contributed by atoms with Gasteiger partial charge in [0.25, 0.3) is 0 Å². The smallest absolute Gasteiger partial charge is 0.0547 e. The van der Waals surface area contributed by atoms with Gasteiger partial charge in [-0.15, -0.1) is 11.3 Å². The van der Waals surface area contributed by atoms with Gasteiger partial charge in [0.1, 0.15) is 0 Å². The maximum Gasteiger partial charge on any atom is 0.0547 e. The molecule has 0 amide bonds. The lowest BCUT2D eigenvalue weighted by Crippen LogP contribution is -2.13. The number of benzene rings is 9. The molecule has 0 aliphatic carbocycles. The van der Waals surface area contributed by atoms with Crippen molar-refractivity contribution in [2.75, 3.05) is 9.80 Å². The number of aromatic nitrogens is 1. The summed E-state index contributed by atoms with van der Waals surface area (Å²) in [5, 5.41) is 5.05. The Labute approximate surface area is 341 Å². The molecular formula is C54H37N3S.